The molecule has 3 heterocycles. The van der Waals surface area contributed by atoms with Crippen LogP contribution in [-0.4, -0.2) is 38.1 Å². The van der Waals surface area contributed by atoms with Gasteiger partial charge in [-0.15, -0.1) is 0 Å². The lowest BCUT2D eigenvalue weighted by Gasteiger charge is -2.17. The fraction of sp³-hybridized carbons (Fsp3) is 0.609. The Labute approximate surface area is 208 Å². The molecule has 0 bridgehead atoms. The van der Waals surface area contributed by atoms with E-state index >= 15 is 0 Å². The lowest BCUT2D eigenvalue weighted by Crippen LogP contribution is -3.00. The topological polar surface area (TPSA) is 116 Å². The molecule has 0 aliphatic carbocycles. The summed E-state index contributed by atoms with van der Waals surface area (Å²) in [5, 5.41) is 0. The van der Waals surface area contributed by atoms with Gasteiger partial charge in [0, 0.05) is 38.4 Å². The molecular weight excluding hydrogens is 508 g/mol. The standard InChI is InChI=1S/C23H32N4O6.BrH/c1-4-18-19(15-21(32-18)27-12-10-20(29)24-23(27)31)33-22(30)9-8-17(28)7-5-6-11-26-14-13-25(3)16(26)2;/h10,12-14,18-19,21H,4-9,11,15H2,1-3H3;1H/t18-,19-,21-;/m1./s1. The van der Waals surface area contributed by atoms with Gasteiger partial charge in [0.25, 0.3) is 11.4 Å². The van der Waals surface area contributed by atoms with Gasteiger partial charge in [-0.05, 0) is 19.3 Å². The number of nitrogens with zero attached hydrogens (tertiary/aromatic N) is 3. The second kappa shape index (κ2) is 12.8. The number of hydrogen-bond acceptors (Lipinski definition) is 6. The first-order valence-electron chi connectivity index (χ1n) is 11.5. The van der Waals surface area contributed by atoms with Crippen LogP contribution in [0.1, 0.15) is 63.9 Å². The van der Waals surface area contributed by atoms with Gasteiger partial charge < -0.3 is 26.5 Å². The summed E-state index contributed by atoms with van der Waals surface area (Å²) in [6.45, 7) is 4.82. The Hall–Kier alpha value is -2.53. The van der Waals surface area contributed by atoms with Crippen LogP contribution in [0.15, 0.2) is 34.2 Å². The van der Waals surface area contributed by atoms with Crippen molar-refractivity contribution < 1.29 is 40.6 Å². The number of carbonyl (C=O) groups is 2. The van der Waals surface area contributed by atoms with Gasteiger partial charge in [-0.3, -0.25) is 23.9 Å². The molecular formula is C23H33BrN4O6. The van der Waals surface area contributed by atoms with Crippen LogP contribution in [0.4, 0.5) is 0 Å². The van der Waals surface area contributed by atoms with E-state index in [4.69, 9.17) is 9.47 Å². The zero-order valence-electron chi connectivity index (χ0n) is 19.9. The minimum absolute atomic E-state index is 0. The van der Waals surface area contributed by atoms with Crippen LogP contribution in [0.3, 0.4) is 0 Å². The van der Waals surface area contributed by atoms with Crippen molar-refractivity contribution in [2.75, 3.05) is 0 Å². The maximum absolute atomic E-state index is 12.3. The molecule has 34 heavy (non-hydrogen) atoms. The normalized spacial score (nSPS) is 19.6. The summed E-state index contributed by atoms with van der Waals surface area (Å²) in [5.41, 5.74) is -1.05. The number of rotatable bonds is 11. The van der Waals surface area contributed by atoms with Crippen molar-refractivity contribution in [2.45, 2.75) is 83.8 Å². The molecule has 11 heteroatoms. The van der Waals surface area contributed by atoms with Gasteiger partial charge in [0.15, 0.2) is 0 Å². The molecule has 3 rings (SSSR count). The third-order valence-corrected chi connectivity index (χ3v) is 6.14. The van der Waals surface area contributed by atoms with Crippen LogP contribution in [0.2, 0.25) is 0 Å². The molecule has 1 aliphatic rings. The van der Waals surface area contributed by atoms with Gasteiger partial charge in [0.05, 0.1) is 26.1 Å². The zero-order chi connectivity index (χ0) is 24.0. The maximum atomic E-state index is 12.3. The minimum atomic E-state index is -0.621. The number of ketones is 1. The van der Waals surface area contributed by atoms with E-state index in [-0.39, 0.29) is 41.7 Å². The average Bonchev–Trinajstić information content (AvgIpc) is 3.32. The van der Waals surface area contributed by atoms with Crippen molar-refractivity contribution in [1.82, 2.24) is 14.1 Å². The van der Waals surface area contributed by atoms with Crippen molar-refractivity contribution in [3.8, 4) is 0 Å². The molecule has 1 fully saturated rings. The van der Waals surface area contributed by atoms with Gasteiger partial charge in [0.1, 0.15) is 30.5 Å². The average molecular weight is 541 g/mol. The van der Waals surface area contributed by atoms with Crippen LogP contribution in [0.5, 0.6) is 0 Å². The van der Waals surface area contributed by atoms with Crippen LogP contribution in [-0.2, 0) is 32.7 Å². The molecule has 0 aromatic carbocycles. The van der Waals surface area contributed by atoms with Crippen LogP contribution in [0.25, 0.3) is 0 Å². The molecule has 3 atom stereocenters. The lowest BCUT2D eigenvalue weighted by molar-refractivity contribution is -0.677. The Morgan fingerprint density at radius 2 is 1.97 bits per heavy atom. The van der Waals surface area contributed by atoms with E-state index in [1.807, 2.05) is 26.4 Å². The van der Waals surface area contributed by atoms with E-state index < -0.39 is 29.6 Å². The largest absolute Gasteiger partial charge is 1.00 e. The van der Waals surface area contributed by atoms with Gasteiger partial charge in [0.2, 0.25) is 0 Å². The Morgan fingerprint density at radius 3 is 2.62 bits per heavy atom. The Balaban J connectivity index is 0.00000408. The molecule has 0 saturated carbocycles. The molecule has 0 radical (unpaired) electrons. The molecule has 0 unspecified atom stereocenters. The number of H-pyrrole nitrogens is 1. The van der Waals surface area contributed by atoms with Gasteiger partial charge in [-0.25, -0.2) is 13.9 Å². The second-order valence-electron chi connectivity index (χ2n) is 8.46. The third-order valence-electron chi connectivity index (χ3n) is 6.14. The molecule has 188 valence electrons. The van der Waals surface area contributed by atoms with Crippen LogP contribution >= 0.6 is 0 Å². The molecule has 0 amide bonds. The number of Topliss-reactive ketones (excluding diaryl/α,β-unsaturated/α-hetero) is 1. The monoisotopic (exact) mass is 540 g/mol. The number of aromatic nitrogens is 4. The first-order valence-corrected chi connectivity index (χ1v) is 11.5. The molecule has 10 nitrogen and oxygen atoms in total. The zero-order valence-corrected chi connectivity index (χ0v) is 21.5. The Bertz CT molecular complexity index is 1090. The van der Waals surface area contributed by atoms with E-state index in [2.05, 4.69) is 21.0 Å². The van der Waals surface area contributed by atoms with Gasteiger partial charge in [-0.2, -0.15) is 0 Å². The number of aryl methyl sites for hydroxylation is 2. The Morgan fingerprint density at radius 1 is 1.21 bits per heavy atom. The highest BCUT2D eigenvalue weighted by molar-refractivity contribution is 5.82. The molecule has 1 aliphatic heterocycles. The van der Waals surface area contributed by atoms with E-state index in [1.54, 1.807) is 0 Å². The minimum Gasteiger partial charge on any atom is -1.00 e. The predicted octanol–water partition coefficient (Wildman–Crippen LogP) is -1.70. The molecule has 2 aromatic heterocycles. The SMILES string of the molecule is CC[C@H]1O[C@@H](n2ccc(=O)[nH]c2=O)C[C@H]1OC(=O)CCC(=O)CCCCn1cc[n+](C)c1C.[Br-]. The number of carbonyl (C=O) groups excluding carboxylic acids is 2. The number of imidazole rings is 1. The van der Waals surface area contributed by atoms with Crippen molar-refractivity contribution in [3.05, 3.63) is 51.3 Å². The number of ether oxygens (including phenoxy) is 2. The fourth-order valence-corrected chi connectivity index (χ4v) is 4.05. The number of hydrogen-bond donors (Lipinski definition) is 1. The highest BCUT2D eigenvalue weighted by Crippen LogP contribution is 2.31. The summed E-state index contributed by atoms with van der Waals surface area (Å²) in [5.74, 6) is 0.771. The smallest absolute Gasteiger partial charge is 0.330 e. The van der Waals surface area contributed by atoms with E-state index in [1.165, 1.54) is 16.8 Å². The van der Waals surface area contributed by atoms with E-state index in [9.17, 15) is 19.2 Å². The summed E-state index contributed by atoms with van der Waals surface area (Å²) >= 11 is 0. The summed E-state index contributed by atoms with van der Waals surface area (Å²) in [6, 6.07) is 1.25. The van der Waals surface area contributed by atoms with E-state index in [0.717, 1.165) is 25.2 Å². The number of aromatic amines is 1. The van der Waals surface area contributed by atoms with Crippen molar-refractivity contribution in [3.63, 3.8) is 0 Å². The molecule has 1 N–H and O–H groups in total. The first-order chi connectivity index (χ1) is 15.8. The quantitative estimate of drug-likeness (QED) is 0.206. The number of unbranched alkanes of at least 4 members (excludes halogenated alkanes) is 1. The number of esters is 1. The fourth-order valence-electron chi connectivity index (χ4n) is 4.05. The molecule has 0 spiro atoms. The Kier molecular flexibility index (Phi) is 10.4. The summed E-state index contributed by atoms with van der Waals surface area (Å²) in [7, 11) is 2.00. The third kappa shape index (κ3) is 7.23. The number of halogens is 1. The summed E-state index contributed by atoms with van der Waals surface area (Å²) < 4.78 is 16.9. The summed E-state index contributed by atoms with van der Waals surface area (Å²) in [6.07, 6.45) is 7.14. The highest BCUT2D eigenvalue weighted by Gasteiger charge is 2.38. The van der Waals surface area contributed by atoms with Crippen LogP contribution in [0, 0.1) is 6.92 Å². The van der Waals surface area contributed by atoms with Gasteiger partial charge >= 0.3 is 11.7 Å². The number of nitrogens with one attached hydrogen (secondary N) is 1. The van der Waals surface area contributed by atoms with E-state index in [0.29, 0.717) is 19.3 Å². The summed E-state index contributed by atoms with van der Waals surface area (Å²) in [4.78, 5) is 50.0. The molecule has 1 saturated heterocycles. The second-order valence-corrected chi connectivity index (χ2v) is 8.46. The van der Waals surface area contributed by atoms with Crippen molar-refractivity contribution in [2.24, 2.45) is 7.05 Å². The lowest BCUT2D eigenvalue weighted by atomic mass is 10.1. The van der Waals surface area contributed by atoms with Crippen LogP contribution < -0.4 is 32.8 Å². The molecule has 2 aromatic rings. The predicted molar refractivity (Wildman–Crippen MR) is 118 cm³/mol. The highest BCUT2D eigenvalue weighted by atomic mass is 79.9. The van der Waals surface area contributed by atoms with Crippen molar-refractivity contribution >= 4 is 11.8 Å². The maximum Gasteiger partial charge on any atom is 0.330 e. The van der Waals surface area contributed by atoms with Crippen molar-refractivity contribution in [1.29, 1.82) is 0 Å². The first kappa shape index (κ1) is 27.7. The van der Waals surface area contributed by atoms with Gasteiger partial charge in [-0.1, -0.05) is 6.92 Å².